The highest BCUT2D eigenvalue weighted by Gasteiger charge is 2.49. The van der Waals surface area contributed by atoms with Gasteiger partial charge in [-0.1, -0.05) is 52.8 Å². The van der Waals surface area contributed by atoms with Crippen molar-refractivity contribution in [3.63, 3.8) is 0 Å². The largest absolute Gasteiger partial charge is 0.450 e. The molecule has 0 unspecified atom stereocenters. The Balaban J connectivity index is 1.72. The molecule has 0 fully saturated rings. The molecule has 0 bridgehead atoms. The van der Waals surface area contributed by atoms with Crippen LogP contribution in [0.3, 0.4) is 0 Å². The molecule has 3 aliphatic rings. The van der Waals surface area contributed by atoms with Crippen LogP contribution in [0.5, 0.6) is 11.5 Å². The van der Waals surface area contributed by atoms with E-state index in [-0.39, 0.29) is 46.7 Å². The van der Waals surface area contributed by atoms with Crippen LogP contribution in [0.4, 0.5) is 18.9 Å². The summed E-state index contributed by atoms with van der Waals surface area (Å²) in [7, 11) is 0. The molecule has 2 aromatic carbocycles. The highest BCUT2D eigenvalue weighted by molar-refractivity contribution is 6.07. The van der Waals surface area contributed by atoms with Crippen molar-refractivity contribution in [2.24, 2.45) is 10.8 Å². The number of rotatable bonds is 6. The van der Waals surface area contributed by atoms with E-state index < -0.39 is 28.3 Å². The van der Waals surface area contributed by atoms with E-state index in [4.69, 9.17) is 4.74 Å². The van der Waals surface area contributed by atoms with Crippen LogP contribution in [0, 0.1) is 20.9 Å². The number of carbonyl (C=O) groups excluding carboxylic acids is 2. The number of carbonyl (C=O) groups is 2. The number of hydrogen-bond acceptors (Lipinski definition) is 6. The summed E-state index contributed by atoms with van der Waals surface area (Å²) >= 11 is 0. The van der Waals surface area contributed by atoms with Crippen LogP contribution in [0.15, 0.2) is 65.0 Å². The van der Waals surface area contributed by atoms with E-state index in [1.54, 1.807) is 24.3 Å². The van der Waals surface area contributed by atoms with Crippen molar-refractivity contribution < 1.29 is 32.4 Å². The van der Waals surface area contributed by atoms with E-state index >= 15 is 0 Å². The average Bonchev–Trinajstić information content (AvgIpc) is 2.88. The first-order valence-electron chi connectivity index (χ1n) is 14.5. The van der Waals surface area contributed by atoms with Crippen LogP contribution in [-0.2, 0) is 15.8 Å². The van der Waals surface area contributed by atoms with Gasteiger partial charge < -0.3 is 9.64 Å². The van der Waals surface area contributed by atoms with E-state index in [0.717, 1.165) is 29.9 Å². The Bertz CT molecular complexity index is 1530. The summed E-state index contributed by atoms with van der Waals surface area (Å²) in [4.78, 5) is 41.0. The third kappa shape index (κ3) is 5.71. The Morgan fingerprint density at radius 1 is 0.907 bits per heavy atom. The second-order valence-electron chi connectivity index (χ2n) is 13.3. The summed E-state index contributed by atoms with van der Waals surface area (Å²) in [5.41, 5.74) is 0.682. The van der Waals surface area contributed by atoms with Crippen LogP contribution >= 0.6 is 0 Å². The number of hydrogen-bond donors (Lipinski definition) is 0. The summed E-state index contributed by atoms with van der Waals surface area (Å²) in [6, 6.07) is 8.76. The fourth-order valence-corrected chi connectivity index (χ4v) is 6.71. The number of para-hydroxylation sites is 1. The lowest BCUT2D eigenvalue weighted by molar-refractivity contribution is -0.385. The molecule has 1 aliphatic heterocycles. The van der Waals surface area contributed by atoms with E-state index in [1.165, 1.54) is 0 Å². The predicted octanol–water partition coefficient (Wildman–Crippen LogP) is 8.50. The molecular weight excluding hydrogens is 561 g/mol. The average molecular weight is 597 g/mol. The van der Waals surface area contributed by atoms with E-state index in [2.05, 4.69) is 39.5 Å². The normalized spacial score (nSPS) is 20.2. The topological polar surface area (TPSA) is 89.8 Å². The van der Waals surface area contributed by atoms with Gasteiger partial charge in [-0.25, -0.2) is 0 Å². The van der Waals surface area contributed by atoms with Crippen LogP contribution in [0.1, 0.15) is 83.8 Å². The van der Waals surface area contributed by atoms with Crippen molar-refractivity contribution in [1.82, 2.24) is 4.90 Å². The highest BCUT2D eigenvalue weighted by Crippen LogP contribution is 2.56. The molecule has 0 saturated carbocycles. The number of allylic oxidation sites excluding steroid dienone is 4. The maximum Gasteiger partial charge on any atom is 0.416 e. The summed E-state index contributed by atoms with van der Waals surface area (Å²) in [6.07, 6.45) is -2.13. The number of nitro groups is 1. The van der Waals surface area contributed by atoms with Crippen molar-refractivity contribution in [2.45, 2.75) is 78.8 Å². The van der Waals surface area contributed by atoms with Gasteiger partial charge in [-0.2, -0.15) is 13.2 Å². The second kappa shape index (κ2) is 10.6. The lowest BCUT2D eigenvalue weighted by atomic mass is 9.63. The third-order valence-corrected chi connectivity index (χ3v) is 8.40. The van der Waals surface area contributed by atoms with E-state index in [0.29, 0.717) is 42.2 Å². The summed E-state index contributed by atoms with van der Waals surface area (Å²) in [6.45, 7) is 10.9. The third-order valence-electron chi connectivity index (χ3n) is 8.40. The first kappa shape index (κ1) is 30.5. The SMILES string of the molecule is CCCN1C2=C(C(=O)CC(C)(C)C2)C(c2ccccc2Oc2ccc(C(F)(F)F)cc2[N+](=O)[O-])C2=C1CC(C)(C)CC2=O. The number of halogens is 3. The lowest BCUT2D eigenvalue weighted by Gasteiger charge is -2.49. The second-order valence-corrected chi connectivity index (χ2v) is 13.3. The fourth-order valence-electron chi connectivity index (χ4n) is 6.71. The minimum Gasteiger partial charge on any atom is -0.450 e. The van der Waals surface area contributed by atoms with E-state index in [9.17, 15) is 32.9 Å². The zero-order chi connectivity index (χ0) is 31.5. The molecule has 2 aromatic rings. The highest BCUT2D eigenvalue weighted by atomic mass is 19.4. The fraction of sp³-hybridized carbons (Fsp3) is 0.455. The number of nitro benzene ring substituents is 1. The van der Waals surface area contributed by atoms with Gasteiger partial charge in [0.25, 0.3) is 0 Å². The van der Waals surface area contributed by atoms with Gasteiger partial charge in [-0.05, 0) is 48.3 Å². The number of alkyl halides is 3. The Morgan fingerprint density at radius 3 is 1.98 bits per heavy atom. The van der Waals surface area contributed by atoms with Crippen LogP contribution in [-0.4, -0.2) is 27.9 Å². The Labute approximate surface area is 248 Å². The van der Waals surface area contributed by atoms with Crippen LogP contribution in [0.25, 0.3) is 0 Å². The Morgan fingerprint density at radius 2 is 1.47 bits per heavy atom. The molecule has 0 radical (unpaired) electrons. The van der Waals surface area contributed by atoms with Gasteiger partial charge in [0.1, 0.15) is 5.75 Å². The molecule has 228 valence electrons. The molecule has 5 rings (SSSR count). The van der Waals surface area contributed by atoms with Gasteiger partial charge in [0.15, 0.2) is 11.6 Å². The Hall–Kier alpha value is -3.95. The molecule has 43 heavy (non-hydrogen) atoms. The quantitative estimate of drug-likeness (QED) is 0.245. The molecule has 0 spiro atoms. The van der Waals surface area contributed by atoms with Gasteiger partial charge in [0.05, 0.1) is 10.5 Å². The van der Waals surface area contributed by atoms with Crippen LogP contribution < -0.4 is 4.74 Å². The maximum absolute atomic E-state index is 14.0. The molecule has 1 heterocycles. The molecule has 2 aliphatic carbocycles. The summed E-state index contributed by atoms with van der Waals surface area (Å²) in [5.74, 6) is -1.15. The molecular formula is C33H35F3N2O5. The molecule has 10 heteroatoms. The van der Waals surface area contributed by atoms with Gasteiger partial charge in [0, 0.05) is 59.5 Å². The smallest absolute Gasteiger partial charge is 0.416 e. The van der Waals surface area contributed by atoms with Crippen molar-refractivity contribution in [2.75, 3.05) is 6.54 Å². The number of ketones is 2. The van der Waals surface area contributed by atoms with Gasteiger partial charge >= 0.3 is 11.9 Å². The van der Waals surface area contributed by atoms with Crippen molar-refractivity contribution in [3.05, 3.63) is 86.2 Å². The minimum absolute atomic E-state index is 0.0724. The molecule has 0 saturated heterocycles. The Kier molecular flexibility index (Phi) is 7.55. The maximum atomic E-state index is 14.0. The van der Waals surface area contributed by atoms with Crippen molar-refractivity contribution in [1.29, 1.82) is 0 Å². The van der Waals surface area contributed by atoms with Gasteiger partial charge in [-0.3, -0.25) is 19.7 Å². The molecule has 0 aromatic heterocycles. The molecule has 7 nitrogen and oxygen atoms in total. The predicted molar refractivity (Wildman–Crippen MR) is 154 cm³/mol. The van der Waals surface area contributed by atoms with Crippen LogP contribution in [0.2, 0.25) is 0 Å². The first-order chi connectivity index (χ1) is 20.0. The molecule has 0 N–H and O–H groups in total. The number of benzene rings is 2. The van der Waals surface area contributed by atoms with Gasteiger partial charge in [0.2, 0.25) is 5.75 Å². The lowest BCUT2D eigenvalue weighted by Crippen LogP contribution is -2.44. The van der Waals surface area contributed by atoms with Gasteiger partial charge in [-0.15, -0.1) is 0 Å². The van der Waals surface area contributed by atoms with Crippen molar-refractivity contribution in [3.8, 4) is 11.5 Å². The van der Waals surface area contributed by atoms with E-state index in [1.807, 2.05) is 0 Å². The minimum atomic E-state index is -4.77. The molecule has 0 amide bonds. The number of Topliss-reactive ketones (excluding diaryl/α,β-unsaturated/α-hetero) is 2. The summed E-state index contributed by atoms with van der Waals surface area (Å²) < 4.78 is 46.0. The number of ether oxygens (including phenoxy) is 1. The molecule has 0 atom stereocenters. The zero-order valence-electron chi connectivity index (χ0n) is 24.9. The zero-order valence-corrected chi connectivity index (χ0v) is 24.9. The number of nitrogens with zero attached hydrogens (tertiary/aromatic N) is 2. The summed E-state index contributed by atoms with van der Waals surface area (Å²) in [5, 5.41) is 11.8. The standard InChI is InChI=1S/C33H35F3N2O5/c1-6-13-37-22-15-31(2,3)17-24(39)29(22)28(30-23(37)16-32(4,5)18-25(30)40)20-9-7-8-10-26(20)43-27-12-11-19(33(34,35)36)14-21(27)38(41)42/h7-12,14,28H,6,13,15-18H2,1-5H3. The van der Waals surface area contributed by atoms with Crippen molar-refractivity contribution >= 4 is 17.3 Å². The first-order valence-corrected chi connectivity index (χ1v) is 14.5. The monoisotopic (exact) mass is 596 g/mol.